The van der Waals surface area contributed by atoms with Crippen LogP contribution < -0.4 is 0 Å². The van der Waals surface area contributed by atoms with Crippen molar-refractivity contribution in [3.05, 3.63) is 64.7 Å². The van der Waals surface area contributed by atoms with Gasteiger partial charge in [0.2, 0.25) is 0 Å². The number of phenols is 1. The van der Waals surface area contributed by atoms with E-state index in [1.165, 1.54) is 0 Å². The van der Waals surface area contributed by atoms with E-state index >= 15 is 0 Å². The number of amidine groups is 1. The van der Waals surface area contributed by atoms with Crippen molar-refractivity contribution < 1.29 is 18.3 Å². The molecular weight excluding hydrogens is 496 g/mol. The molecule has 1 heterocycles. The third-order valence-electron chi connectivity index (χ3n) is 7.28. The minimum atomic E-state index is -3.66. The van der Waals surface area contributed by atoms with Gasteiger partial charge in [0.1, 0.15) is 11.6 Å². The van der Waals surface area contributed by atoms with Crippen molar-refractivity contribution in [1.29, 1.82) is 0 Å². The second-order valence-corrected chi connectivity index (χ2v) is 14.4. The fourth-order valence-corrected chi connectivity index (χ4v) is 5.97. The first-order chi connectivity index (χ1) is 17.5. The zero-order valence-corrected chi connectivity index (χ0v) is 25.0. The van der Waals surface area contributed by atoms with Gasteiger partial charge in [0.15, 0.2) is 5.78 Å². The van der Waals surface area contributed by atoms with Crippen LogP contribution in [0.2, 0.25) is 0 Å². The van der Waals surface area contributed by atoms with Gasteiger partial charge in [0.05, 0.1) is 12.8 Å². The largest absolute Gasteiger partial charge is 0.507 e. The van der Waals surface area contributed by atoms with E-state index in [2.05, 4.69) is 11.3 Å². The van der Waals surface area contributed by atoms with Crippen LogP contribution in [0.4, 0.5) is 0 Å². The van der Waals surface area contributed by atoms with Gasteiger partial charge in [0.25, 0.3) is 10.0 Å². The Hall–Kier alpha value is -2.67. The summed E-state index contributed by atoms with van der Waals surface area (Å²) < 4.78 is 28.9. The highest BCUT2D eigenvalue weighted by Gasteiger charge is 2.40. The van der Waals surface area contributed by atoms with Crippen molar-refractivity contribution in [1.82, 2.24) is 4.90 Å². The molecule has 2 atom stereocenters. The van der Waals surface area contributed by atoms with E-state index in [-0.39, 0.29) is 40.7 Å². The van der Waals surface area contributed by atoms with Gasteiger partial charge < -0.3 is 10.0 Å². The molecule has 1 N–H and O–H groups in total. The molecule has 2 unspecified atom stereocenters. The fourth-order valence-electron chi connectivity index (χ4n) is 5.38. The molecule has 0 bridgehead atoms. The molecule has 0 saturated carbocycles. The molecule has 0 radical (unpaired) electrons. The van der Waals surface area contributed by atoms with Crippen molar-refractivity contribution in [3.63, 3.8) is 0 Å². The number of aromatic hydroxyl groups is 1. The zero-order chi connectivity index (χ0) is 28.5. The first-order valence-corrected chi connectivity index (χ1v) is 15.4. The second kappa shape index (κ2) is 11.2. The van der Waals surface area contributed by atoms with E-state index in [4.69, 9.17) is 0 Å². The Morgan fingerprint density at radius 1 is 1.03 bits per heavy atom. The molecule has 0 aromatic heterocycles. The Balaban J connectivity index is 2.04. The van der Waals surface area contributed by atoms with Crippen LogP contribution in [0.1, 0.15) is 88.4 Å². The van der Waals surface area contributed by atoms with Crippen LogP contribution in [0.15, 0.2) is 46.9 Å². The molecule has 2 aromatic carbocycles. The van der Waals surface area contributed by atoms with E-state index in [1.807, 2.05) is 76.8 Å². The second-order valence-electron chi connectivity index (χ2n) is 12.8. The summed E-state index contributed by atoms with van der Waals surface area (Å²) in [5.74, 6) is 0.707. The lowest BCUT2D eigenvalue weighted by molar-refractivity contribution is 0.0963. The third kappa shape index (κ3) is 7.25. The number of carbonyl (C=O) groups excluding carboxylic acids is 1. The SMILES string of the molecule is CCCC1CN(CC(=O)c2cc(C(C)(C)C)c(O)c(C(C)(C)C)c2)C(=NS(C)(=O)=O)C1Cc1ccccc1. The number of Topliss-reactive ketones (excluding diaryl/α,β-unsaturated/α-hetero) is 1. The van der Waals surface area contributed by atoms with Crippen LogP contribution in [0, 0.1) is 11.8 Å². The Morgan fingerprint density at radius 3 is 2.05 bits per heavy atom. The molecule has 6 nitrogen and oxygen atoms in total. The van der Waals surface area contributed by atoms with Crippen LogP contribution in [0.3, 0.4) is 0 Å². The minimum Gasteiger partial charge on any atom is -0.507 e. The molecular formula is C31H44N2O4S. The molecule has 1 aliphatic heterocycles. The topological polar surface area (TPSA) is 87.0 Å². The molecule has 0 spiro atoms. The Labute approximate surface area is 229 Å². The maximum Gasteiger partial charge on any atom is 0.251 e. The summed E-state index contributed by atoms with van der Waals surface area (Å²) in [4.78, 5) is 15.7. The van der Waals surface area contributed by atoms with Crippen LogP contribution >= 0.6 is 0 Å². The van der Waals surface area contributed by atoms with E-state index < -0.39 is 10.0 Å². The lowest BCUT2D eigenvalue weighted by atomic mass is 9.78. The standard InChI is InChI=1S/C31H44N2O4S/c1-9-13-22-19-33(29(32-38(8,36)37)24(22)16-21-14-11-10-12-15-21)20-27(34)23-17-25(30(2,3)4)28(35)26(18-23)31(5,6)7/h10-12,14-15,17-18,22,24,35H,9,13,16,19-20H2,1-8H3. The molecule has 0 aliphatic carbocycles. The van der Waals surface area contributed by atoms with E-state index in [9.17, 15) is 18.3 Å². The summed E-state index contributed by atoms with van der Waals surface area (Å²) in [6.45, 7) is 14.9. The predicted octanol–water partition coefficient (Wildman–Crippen LogP) is 6.12. The van der Waals surface area contributed by atoms with Gasteiger partial charge in [-0.25, -0.2) is 8.42 Å². The molecule has 2 aromatic rings. The monoisotopic (exact) mass is 540 g/mol. The number of phenolic OH excluding ortho intramolecular Hbond substituents is 1. The first-order valence-electron chi connectivity index (χ1n) is 13.5. The molecule has 7 heteroatoms. The minimum absolute atomic E-state index is 0.0395. The van der Waals surface area contributed by atoms with Gasteiger partial charge in [-0.1, -0.05) is 85.2 Å². The molecule has 208 valence electrons. The summed E-state index contributed by atoms with van der Waals surface area (Å²) in [5, 5.41) is 11.1. The lowest BCUT2D eigenvalue weighted by Gasteiger charge is -2.28. The number of hydrogen-bond acceptors (Lipinski definition) is 4. The summed E-state index contributed by atoms with van der Waals surface area (Å²) in [6, 6.07) is 13.6. The van der Waals surface area contributed by atoms with E-state index in [0.717, 1.165) is 35.8 Å². The highest BCUT2D eigenvalue weighted by Crippen LogP contribution is 2.40. The van der Waals surface area contributed by atoms with Crippen LogP contribution in [0.5, 0.6) is 5.75 Å². The number of sulfonamides is 1. The average molecular weight is 541 g/mol. The fraction of sp³-hybridized carbons (Fsp3) is 0.548. The van der Waals surface area contributed by atoms with Gasteiger partial charge in [-0.2, -0.15) is 4.40 Å². The molecule has 1 aliphatic rings. The molecule has 1 saturated heterocycles. The number of ketones is 1. The van der Waals surface area contributed by atoms with Gasteiger partial charge >= 0.3 is 0 Å². The number of nitrogens with zero attached hydrogens (tertiary/aromatic N) is 2. The maximum atomic E-state index is 13.8. The van der Waals surface area contributed by atoms with Gasteiger partial charge in [-0.15, -0.1) is 0 Å². The van der Waals surface area contributed by atoms with Crippen molar-refractivity contribution >= 4 is 21.6 Å². The highest BCUT2D eigenvalue weighted by atomic mass is 32.2. The van der Waals surface area contributed by atoms with E-state index in [0.29, 0.717) is 24.4 Å². The highest BCUT2D eigenvalue weighted by molar-refractivity contribution is 7.89. The normalized spacial score (nSPS) is 19.8. The number of benzene rings is 2. The summed E-state index contributed by atoms with van der Waals surface area (Å²) in [6.07, 6.45) is 3.67. The van der Waals surface area contributed by atoms with Gasteiger partial charge in [-0.05, 0) is 47.3 Å². The quantitative estimate of drug-likeness (QED) is 0.408. The number of carbonyl (C=O) groups is 1. The van der Waals surface area contributed by atoms with Crippen molar-refractivity contribution in [2.75, 3.05) is 19.3 Å². The van der Waals surface area contributed by atoms with Crippen molar-refractivity contribution in [3.8, 4) is 5.75 Å². The molecule has 3 rings (SSSR count). The summed E-state index contributed by atoms with van der Waals surface area (Å²) in [5.41, 5.74) is 2.38. The number of hydrogen-bond donors (Lipinski definition) is 1. The van der Waals surface area contributed by atoms with Crippen LogP contribution in [-0.2, 0) is 27.3 Å². The molecule has 0 amide bonds. The first kappa shape index (κ1) is 29.9. The van der Waals surface area contributed by atoms with Crippen LogP contribution in [0.25, 0.3) is 0 Å². The predicted molar refractivity (Wildman–Crippen MR) is 156 cm³/mol. The Morgan fingerprint density at radius 2 is 1.58 bits per heavy atom. The molecule has 38 heavy (non-hydrogen) atoms. The smallest absolute Gasteiger partial charge is 0.251 e. The average Bonchev–Trinajstić information content (AvgIpc) is 3.07. The van der Waals surface area contributed by atoms with E-state index in [1.54, 1.807) is 12.1 Å². The maximum absolute atomic E-state index is 13.8. The zero-order valence-electron chi connectivity index (χ0n) is 24.2. The van der Waals surface area contributed by atoms with Crippen LogP contribution in [-0.4, -0.2) is 49.4 Å². The van der Waals surface area contributed by atoms with Crippen molar-refractivity contribution in [2.24, 2.45) is 16.2 Å². The number of rotatable bonds is 8. The van der Waals surface area contributed by atoms with Crippen molar-refractivity contribution in [2.45, 2.75) is 78.6 Å². The third-order valence-corrected chi connectivity index (χ3v) is 7.80. The number of likely N-dealkylation sites (tertiary alicyclic amines) is 1. The summed E-state index contributed by atoms with van der Waals surface area (Å²) >= 11 is 0. The van der Waals surface area contributed by atoms with Gasteiger partial charge in [-0.3, -0.25) is 4.79 Å². The lowest BCUT2D eigenvalue weighted by Crippen LogP contribution is -2.34. The molecule has 1 fully saturated rings. The summed E-state index contributed by atoms with van der Waals surface area (Å²) in [7, 11) is -3.66. The van der Waals surface area contributed by atoms with Gasteiger partial charge in [0, 0.05) is 29.2 Å². The Bertz CT molecular complexity index is 1250. The Kier molecular flexibility index (Phi) is 8.81.